The molecule has 0 fully saturated rings. The summed E-state index contributed by atoms with van der Waals surface area (Å²) in [6.07, 6.45) is 0. The van der Waals surface area contributed by atoms with Crippen LogP contribution >= 0.6 is 0 Å². The maximum atomic E-state index is 13.0. The van der Waals surface area contributed by atoms with Crippen molar-refractivity contribution in [2.45, 2.75) is 26.7 Å². The van der Waals surface area contributed by atoms with Crippen molar-refractivity contribution in [2.75, 3.05) is 13.1 Å². The minimum atomic E-state index is -0.699. The Balaban J connectivity index is 2.54. The number of hydrogen-bond acceptors (Lipinski definition) is 2. The Morgan fingerprint density at radius 3 is 1.58 bits per heavy atom. The second-order valence-corrected chi connectivity index (χ2v) is 5.90. The highest BCUT2D eigenvalue weighted by Gasteiger charge is 2.36. The first-order valence-electron chi connectivity index (χ1n) is 8.49. The molecule has 2 aromatic rings. The lowest BCUT2D eigenvalue weighted by Gasteiger charge is -2.30. The van der Waals surface area contributed by atoms with Crippen LogP contribution in [0.15, 0.2) is 60.7 Å². The second-order valence-electron chi connectivity index (χ2n) is 5.90. The summed E-state index contributed by atoms with van der Waals surface area (Å²) in [7, 11) is 0. The molecule has 2 rings (SSSR count). The third-order valence-corrected chi connectivity index (χ3v) is 4.43. The SMILES string of the molecule is CCN(CC)C(=O)C(C(C)=O)C(c1ccccc1)c1ccccc1. The summed E-state index contributed by atoms with van der Waals surface area (Å²) in [4.78, 5) is 27.2. The normalized spacial score (nSPS) is 12.0. The molecule has 0 aliphatic heterocycles. The third kappa shape index (κ3) is 3.91. The zero-order chi connectivity index (χ0) is 17.5. The molecule has 0 saturated heterocycles. The Bertz CT molecular complexity index is 623. The third-order valence-electron chi connectivity index (χ3n) is 4.43. The van der Waals surface area contributed by atoms with E-state index in [0.29, 0.717) is 13.1 Å². The quantitative estimate of drug-likeness (QED) is 0.725. The molecule has 0 N–H and O–H groups in total. The number of nitrogens with zero attached hydrogens (tertiary/aromatic N) is 1. The van der Waals surface area contributed by atoms with Crippen molar-refractivity contribution in [2.24, 2.45) is 5.92 Å². The molecule has 3 nitrogen and oxygen atoms in total. The molecule has 0 bridgehead atoms. The number of amides is 1. The van der Waals surface area contributed by atoms with Gasteiger partial charge in [-0.2, -0.15) is 0 Å². The fourth-order valence-electron chi connectivity index (χ4n) is 3.18. The van der Waals surface area contributed by atoms with E-state index in [0.717, 1.165) is 11.1 Å². The molecule has 0 aliphatic rings. The number of carbonyl (C=O) groups is 2. The summed E-state index contributed by atoms with van der Waals surface area (Å²) < 4.78 is 0. The lowest BCUT2D eigenvalue weighted by Crippen LogP contribution is -2.41. The van der Waals surface area contributed by atoms with Gasteiger partial charge in [0.1, 0.15) is 11.7 Å². The minimum Gasteiger partial charge on any atom is -0.343 e. The number of ketones is 1. The maximum absolute atomic E-state index is 13.0. The summed E-state index contributed by atoms with van der Waals surface area (Å²) >= 11 is 0. The van der Waals surface area contributed by atoms with Crippen LogP contribution in [0.3, 0.4) is 0 Å². The van der Waals surface area contributed by atoms with Crippen molar-refractivity contribution in [1.29, 1.82) is 0 Å². The molecule has 1 atom stereocenters. The van der Waals surface area contributed by atoms with E-state index >= 15 is 0 Å². The van der Waals surface area contributed by atoms with Crippen LogP contribution in [0.1, 0.15) is 37.8 Å². The Morgan fingerprint density at radius 2 is 1.25 bits per heavy atom. The molecule has 0 radical (unpaired) electrons. The van der Waals surface area contributed by atoms with Crippen molar-refractivity contribution in [3.05, 3.63) is 71.8 Å². The van der Waals surface area contributed by atoms with Gasteiger partial charge >= 0.3 is 0 Å². The molecule has 1 amide bonds. The highest BCUT2D eigenvalue weighted by Crippen LogP contribution is 2.34. The summed E-state index contributed by atoms with van der Waals surface area (Å²) in [6, 6.07) is 19.6. The largest absolute Gasteiger partial charge is 0.343 e. The van der Waals surface area contributed by atoms with E-state index in [2.05, 4.69) is 0 Å². The number of hydrogen-bond donors (Lipinski definition) is 0. The summed E-state index contributed by atoms with van der Waals surface area (Å²) in [5, 5.41) is 0. The second kappa shape index (κ2) is 8.44. The number of carbonyl (C=O) groups excluding carboxylic acids is 2. The van der Waals surface area contributed by atoms with Gasteiger partial charge < -0.3 is 4.90 Å². The smallest absolute Gasteiger partial charge is 0.234 e. The van der Waals surface area contributed by atoms with Crippen LogP contribution in [0.4, 0.5) is 0 Å². The van der Waals surface area contributed by atoms with Gasteiger partial charge in [-0.1, -0.05) is 60.7 Å². The fourth-order valence-corrected chi connectivity index (χ4v) is 3.18. The standard InChI is InChI=1S/C21H25NO2/c1-4-22(5-2)21(24)19(16(3)23)20(17-12-8-6-9-13-17)18-14-10-7-11-15-18/h6-15,19-20H,4-5H2,1-3H3. The van der Waals surface area contributed by atoms with Gasteiger partial charge in [0.25, 0.3) is 0 Å². The van der Waals surface area contributed by atoms with Crippen LogP contribution in [-0.4, -0.2) is 29.7 Å². The van der Waals surface area contributed by atoms with Crippen LogP contribution in [0.2, 0.25) is 0 Å². The minimum absolute atomic E-state index is 0.0924. The summed E-state index contributed by atoms with van der Waals surface area (Å²) in [5.74, 6) is -1.15. The Kier molecular flexibility index (Phi) is 6.30. The lowest BCUT2D eigenvalue weighted by atomic mass is 9.78. The number of Topliss-reactive ketones (excluding diaryl/α,β-unsaturated/α-hetero) is 1. The molecule has 0 heterocycles. The molecule has 2 aromatic carbocycles. The number of benzene rings is 2. The fraction of sp³-hybridized carbons (Fsp3) is 0.333. The van der Waals surface area contributed by atoms with Gasteiger partial charge in [0.15, 0.2) is 0 Å². The van der Waals surface area contributed by atoms with Crippen LogP contribution in [0.25, 0.3) is 0 Å². The molecule has 24 heavy (non-hydrogen) atoms. The van der Waals surface area contributed by atoms with Gasteiger partial charge in [0, 0.05) is 19.0 Å². The van der Waals surface area contributed by atoms with Crippen LogP contribution in [0.5, 0.6) is 0 Å². The van der Waals surface area contributed by atoms with E-state index in [1.54, 1.807) is 4.90 Å². The molecular weight excluding hydrogens is 298 g/mol. The Labute approximate surface area is 144 Å². The first-order chi connectivity index (χ1) is 11.6. The van der Waals surface area contributed by atoms with Gasteiger partial charge in [-0.15, -0.1) is 0 Å². The highest BCUT2D eigenvalue weighted by molar-refractivity contribution is 6.01. The average Bonchev–Trinajstić information content (AvgIpc) is 2.61. The van der Waals surface area contributed by atoms with Crippen molar-refractivity contribution in [3.8, 4) is 0 Å². The van der Waals surface area contributed by atoms with E-state index in [-0.39, 0.29) is 17.6 Å². The van der Waals surface area contributed by atoms with Gasteiger partial charge in [-0.3, -0.25) is 9.59 Å². The van der Waals surface area contributed by atoms with Gasteiger partial charge in [-0.05, 0) is 31.9 Å². The van der Waals surface area contributed by atoms with E-state index in [4.69, 9.17) is 0 Å². The lowest BCUT2D eigenvalue weighted by molar-refractivity contribution is -0.140. The number of rotatable bonds is 7. The topological polar surface area (TPSA) is 37.4 Å². The summed E-state index contributed by atoms with van der Waals surface area (Å²) in [5.41, 5.74) is 1.98. The Hall–Kier alpha value is -2.42. The van der Waals surface area contributed by atoms with Crippen LogP contribution < -0.4 is 0 Å². The van der Waals surface area contributed by atoms with E-state index in [1.807, 2.05) is 74.5 Å². The first-order valence-corrected chi connectivity index (χ1v) is 8.49. The van der Waals surface area contributed by atoms with Gasteiger partial charge in [0.2, 0.25) is 5.91 Å². The monoisotopic (exact) mass is 323 g/mol. The molecule has 0 saturated carbocycles. The molecule has 1 unspecified atom stereocenters. The predicted octanol–water partition coefficient (Wildman–Crippen LogP) is 3.89. The molecule has 3 heteroatoms. The first kappa shape index (κ1) is 17.9. The van der Waals surface area contributed by atoms with Crippen LogP contribution in [-0.2, 0) is 9.59 Å². The molecule has 126 valence electrons. The van der Waals surface area contributed by atoms with Crippen LogP contribution in [0, 0.1) is 5.92 Å². The molecule has 0 spiro atoms. The summed E-state index contributed by atoms with van der Waals surface area (Å²) in [6.45, 7) is 6.62. The zero-order valence-electron chi connectivity index (χ0n) is 14.6. The maximum Gasteiger partial charge on any atom is 0.234 e. The van der Waals surface area contributed by atoms with Crippen molar-refractivity contribution < 1.29 is 9.59 Å². The van der Waals surface area contributed by atoms with Crippen molar-refractivity contribution in [1.82, 2.24) is 4.90 Å². The zero-order valence-corrected chi connectivity index (χ0v) is 14.6. The molecule has 0 aromatic heterocycles. The van der Waals surface area contributed by atoms with Gasteiger partial charge in [0.05, 0.1) is 0 Å². The average molecular weight is 323 g/mol. The highest BCUT2D eigenvalue weighted by atomic mass is 16.2. The molecule has 0 aliphatic carbocycles. The van der Waals surface area contributed by atoms with E-state index < -0.39 is 5.92 Å². The van der Waals surface area contributed by atoms with Gasteiger partial charge in [-0.25, -0.2) is 0 Å². The Morgan fingerprint density at radius 1 is 0.833 bits per heavy atom. The van der Waals surface area contributed by atoms with E-state index in [9.17, 15) is 9.59 Å². The van der Waals surface area contributed by atoms with Crippen molar-refractivity contribution in [3.63, 3.8) is 0 Å². The van der Waals surface area contributed by atoms with Crippen molar-refractivity contribution >= 4 is 11.7 Å². The predicted molar refractivity (Wildman–Crippen MR) is 96.8 cm³/mol. The van der Waals surface area contributed by atoms with E-state index in [1.165, 1.54) is 6.92 Å². The molecular formula is C21H25NO2.